The molecule has 7 nitrogen and oxygen atoms in total. The van der Waals surface area contributed by atoms with Crippen LogP contribution in [0, 0.1) is 0 Å². The van der Waals surface area contributed by atoms with E-state index in [4.69, 9.17) is 4.74 Å². The van der Waals surface area contributed by atoms with E-state index in [1.165, 1.54) is 16.3 Å². The summed E-state index contributed by atoms with van der Waals surface area (Å²) in [6, 6.07) is 14.4. The topological polar surface area (TPSA) is 70.7 Å². The van der Waals surface area contributed by atoms with Gasteiger partial charge in [0.05, 0.1) is 7.11 Å². The van der Waals surface area contributed by atoms with Crippen LogP contribution in [-0.2, 0) is 19.5 Å². The highest BCUT2D eigenvalue weighted by Gasteiger charge is 2.09. The molecule has 4 aromatic rings. The summed E-state index contributed by atoms with van der Waals surface area (Å²) in [5, 5.41) is 18.6. The van der Waals surface area contributed by atoms with Crippen molar-refractivity contribution < 1.29 is 4.74 Å². The molecule has 7 heteroatoms. The third-order valence-electron chi connectivity index (χ3n) is 4.24. The summed E-state index contributed by atoms with van der Waals surface area (Å²) in [4.78, 5) is 0. The standard InChI is InChI=1S/C18H18N6O/c1-25-16-7-6-14-4-2-5-15(17(14)12-16)8-11-24-18(20-21-22-24)13-23-10-3-9-19-23/h2-7,9-10,12H,8,11,13H2,1H3. The molecule has 0 aliphatic rings. The number of benzene rings is 2. The zero-order valence-corrected chi connectivity index (χ0v) is 13.9. The summed E-state index contributed by atoms with van der Waals surface area (Å²) in [6.07, 6.45) is 4.48. The number of rotatable bonds is 6. The maximum Gasteiger partial charge on any atom is 0.172 e. The van der Waals surface area contributed by atoms with E-state index >= 15 is 0 Å². The Morgan fingerprint density at radius 3 is 2.92 bits per heavy atom. The number of hydrogen-bond acceptors (Lipinski definition) is 5. The fourth-order valence-corrected chi connectivity index (χ4v) is 2.94. The van der Waals surface area contributed by atoms with Crippen molar-refractivity contribution in [3.05, 3.63) is 66.2 Å². The lowest BCUT2D eigenvalue weighted by Crippen LogP contribution is -2.12. The number of tetrazole rings is 1. The first-order chi connectivity index (χ1) is 12.3. The van der Waals surface area contributed by atoms with Gasteiger partial charge in [-0.1, -0.05) is 24.3 Å². The SMILES string of the molecule is COc1ccc2cccc(CCn3nnnc3Cn3cccn3)c2c1. The molecule has 0 bridgehead atoms. The van der Waals surface area contributed by atoms with Crippen molar-refractivity contribution in [1.82, 2.24) is 30.0 Å². The van der Waals surface area contributed by atoms with Crippen LogP contribution in [0.25, 0.3) is 10.8 Å². The molecule has 0 N–H and O–H groups in total. The summed E-state index contributed by atoms with van der Waals surface area (Å²) in [6.45, 7) is 1.27. The average molecular weight is 334 g/mol. The molecular weight excluding hydrogens is 316 g/mol. The lowest BCUT2D eigenvalue weighted by Gasteiger charge is -2.09. The second-order valence-corrected chi connectivity index (χ2v) is 5.78. The second kappa shape index (κ2) is 6.72. The molecule has 2 aromatic carbocycles. The molecule has 2 heterocycles. The molecule has 0 radical (unpaired) electrons. The second-order valence-electron chi connectivity index (χ2n) is 5.78. The van der Waals surface area contributed by atoms with Crippen LogP contribution in [0.2, 0.25) is 0 Å². The van der Waals surface area contributed by atoms with Crippen molar-refractivity contribution in [2.24, 2.45) is 0 Å². The molecule has 126 valence electrons. The smallest absolute Gasteiger partial charge is 0.172 e. The van der Waals surface area contributed by atoms with Crippen molar-refractivity contribution in [3.8, 4) is 5.75 Å². The Hall–Kier alpha value is -3.22. The molecule has 0 unspecified atom stereocenters. The Kier molecular flexibility index (Phi) is 4.12. The molecule has 0 aliphatic heterocycles. The number of fused-ring (bicyclic) bond motifs is 1. The third kappa shape index (κ3) is 3.21. The summed E-state index contributed by atoms with van der Waals surface area (Å²) >= 11 is 0. The maximum absolute atomic E-state index is 5.36. The van der Waals surface area contributed by atoms with Gasteiger partial charge in [-0.25, -0.2) is 4.68 Å². The highest BCUT2D eigenvalue weighted by atomic mass is 16.5. The van der Waals surface area contributed by atoms with Crippen LogP contribution in [-0.4, -0.2) is 37.1 Å². The average Bonchev–Trinajstić information content (AvgIpc) is 3.32. The van der Waals surface area contributed by atoms with Gasteiger partial charge in [0.2, 0.25) is 0 Å². The van der Waals surface area contributed by atoms with Gasteiger partial charge in [-0.2, -0.15) is 5.10 Å². The minimum absolute atomic E-state index is 0.559. The van der Waals surface area contributed by atoms with Crippen LogP contribution < -0.4 is 4.74 Å². The maximum atomic E-state index is 5.36. The molecule has 25 heavy (non-hydrogen) atoms. The van der Waals surface area contributed by atoms with Gasteiger partial charge in [-0.05, 0) is 51.4 Å². The highest BCUT2D eigenvalue weighted by molar-refractivity contribution is 5.87. The van der Waals surface area contributed by atoms with Crippen LogP contribution in [0.15, 0.2) is 54.9 Å². The van der Waals surface area contributed by atoms with Gasteiger partial charge in [-0.15, -0.1) is 5.10 Å². The van der Waals surface area contributed by atoms with Crippen molar-refractivity contribution in [3.63, 3.8) is 0 Å². The lowest BCUT2D eigenvalue weighted by molar-refractivity contribution is 0.415. The van der Waals surface area contributed by atoms with Crippen molar-refractivity contribution in [2.45, 2.75) is 19.5 Å². The molecule has 0 atom stereocenters. The third-order valence-corrected chi connectivity index (χ3v) is 4.24. The largest absolute Gasteiger partial charge is 0.497 e. The molecule has 4 rings (SSSR count). The number of ether oxygens (including phenoxy) is 1. The first-order valence-corrected chi connectivity index (χ1v) is 8.11. The first-order valence-electron chi connectivity index (χ1n) is 8.11. The minimum atomic E-state index is 0.559. The van der Waals surface area contributed by atoms with Crippen molar-refractivity contribution in [2.75, 3.05) is 7.11 Å². The van der Waals surface area contributed by atoms with Gasteiger partial charge < -0.3 is 4.74 Å². The van der Waals surface area contributed by atoms with Gasteiger partial charge in [0.25, 0.3) is 0 Å². The van der Waals surface area contributed by atoms with E-state index in [2.05, 4.69) is 51.0 Å². The van der Waals surface area contributed by atoms with Crippen LogP contribution in [0.1, 0.15) is 11.4 Å². The van der Waals surface area contributed by atoms with Crippen molar-refractivity contribution in [1.29, 1.82) is 0 Å². The predicted molar refractivity (Wildman–Crippen MR) is 93.4 cm³/mol. The Bertz CT molecular complexity index is 976. The molecule has 2 aromatic heterocycles. The number of nitrogens with zero attached hydrogens (tertiary/aromatic N) is 6. The quantitative estimate of drug-likeness (QED) is 0.541. The van der Waals surface area contributed by atoms with Crippen molar-refractivity contribution >= 4 is 10.8 Å². The monoisotopic (exact) mass is 334 g/mol. The fraction of sp³-hybridized carbons (Fsp3) is 0.222. The van der Waals surface area contributed by atoms with E-state index in [9.17, 15) is 0 Å². The van der Waals surface area contributed by atoms with E-state index in [-0.39, 0.29) is 0 Å². The van der Waals surface area contributed by atoms with Gasteiger partial charge >= 0.3 is 0 Å². The molecule has 0 saturated heterocycles. The van der Waals surface area contributed by atoms with E-state index in [0.717, 1.165) is 18.0 Å². The normalized spacial score (nSPS) is 11.1. The Labute approximate surface area is 144 Å². The molecule has 0 spiro atoms. The fourth-order valence-electron chi connectivity index (χ4n) is 2.94. The highest BCUT2D eigenvalue weighted by Crippen LogP contribution is 2.24. The number of aryl methyl sites for hydroxylation is 2. The van der Waals surface area contributed by atoms with E-state index < -0.39 is 0 Å². The number of aromatic nitrogens is 6. The van der Waals surface area contributed by atoms with E-state index in [1.807, 2.05) is 27.7 Å². The molecule has 0 amide bonds. The zero-order chi connectivity index (χ0) is 17.1. The Morgan fingerprint density at radius 2 is 2.08 bits per heavy atom. The molecular formula is C18H18N6O. The minimum Gasteiger partial charge on any atom is -0.497 e. The lowest BCUT2D eigenvalue weighted by atomic mass is 10.0. The van der Waals surface area contributed by atoms with E-state index in [1.54, 1.807) is 13.3 Å². The Balaban J connectivity index is 1.56. The number of methoxy groups -OCH3 is 1. The predicted octanol–water partition coefficient (Wildman–Crippen LogP) is 2.32. The van der Waals surface area contributed by atoms with Gasteiger partial charge in [0.1, 0.15) is 12.3 Å². The Morgan fingerprint density at radius 1 is 1.12 bits per heavy atom. The van der Waals surface area contributed by atoms with Crippen LogP contribution >= 0.6 is 0 Å². The van der Waals surface area contributed by atoms with Crippen LogP contribution in [0.4, 0.5) is 0 Å². The van der Waals surface area contributed by atoms with Crippen LogP contribution in [0.5, 0.6) is 5.75 Å². The first kappa shape index (κ1) is 15.3. The summed E-state index contributed by atoms with van der Waals surface area (Å²) in [5.74, 6) is 1.66. The summed E-state index contributed by atoms with van der Waals surface area (Å²) in [5.41, 5.74) is 1.25. The van der Waals surface area contributed by atoms with Gasteiger partial charge in [0.15, 0.2) is 5.82 Å². The van der Waals surface area contributed by atoms with Gasteiger partial charge in [-0.3, -0.25) is 4.68 Å². The number of hydrogen-bond donors (Lipinski definition) is 0. The summed E-state index contributed by atoms with van der Waals surface area (Å²) in [7, 11) is 1.69. The molecule has 0 aliphatic carbocycles. The zero-order valence-electron chi connectivity index (χ0n) is 13.9. The molecule has 0 fully saturated rings. The summed E-state index contributed by atoms with van der Waals surface area (Å²) < 4.78 is 9.00. The van der Waals surface area contributed by atoms with Gasteiger partial charge in [0, 0.05) is 18.9 Å². The molecule has 0 saturated carbocycles. The van der Waals surface area contributed by atoms with E-state index in [0.29, 0.717) is 13.1 Å². The van der Waals surface area contributed by atoms with Crippen LogP contribution in [0.3, 0.4) is 0 Å².